The van der Waals surface area contributed by atoms with E-state index in [0.717, 1.165) is 30.6 Å². The van der Waals surface area contributed by atoms with E-state index in [0.29, 0.717) is 25.3 Å². The topological polar surface area (TPSA) is 118 Å². The molecule has 1 heterocycles. The molecular formula is C25H30N4O5. The van der Waals surface area contributed by atoms with Crippen molar-refractivity contribution in [1.82, 2.24) is 16.1 Å². The summed E-state index contributed by atoms with van der Waals surface area (Å²) in [5.41, 5.74) is 4.18. The summed E-state index contributed by atoms with van der Waals surface area (Å²) in [6.07, 6.45) is 3.95. The van der Waals surface area contributed by atoms with E-state index in [9.17, 15) is 14.4 Å². The smallest absolute Gasteiger partial charge is 0.258 e. The second kappa shape index (κ2) is 13.7. The van der Waals surface area contributed by atoms with Gasteiger partial charge in [0.05, 0.1) is 12.3 Å². The molecule has 1 saturated heterocycles. The molecule has 0 aliphatic carbocycles. The minimum Gasteiger partial charge on any atom is -0.484 e. The van der Waals surface area contributed by atoms with Gasteiger partial charge in [0.2, 0.25) is 11.8 Å². The second-order valence-corrected chi connectivity index (χ2v) is 7.85. The molecule has 9 heteroatoms. The van der Waals surface area contributed by atoms with Crippen molar-refractivity contribution in [3.63, 3.8) is 0 Å². The van der Waals surface area contributed by atoms with Crippen LogP contribution in [-0.2, 0) is 25.5 Å². The number of carbonyl (C=O) groups excluding carboxylic acids is 3. The molecule has 0 spiro atoms. The van der Waals surface area contributed by atoms with Crippen LogP contribution in [0.2, 0.25) is 0 Å². The van der Waals surface area contributed by atoms with E-state index in [2.05, 4.69) is 21.2 Å². The molecule has 3 rings (SSSR count). The maximum Gasteiger partial charge on any atom is 0.258 e. The SMILES string of the molecule is O=C(COc1ccc(/C=N/NC(=O)CC(=O)NCCc2ccccc2)cc1)NC[C@H]1CCCO1. The van der Waals surface area contributed by atoms with Crippen molar-refractivity contribution in [3.8, 4) is 5.75 Å². The van der Waals surface area contributed by atoms with Crippen LogP contribution in [0.25, 0.3) is 0 Å². The molecule has 34 heavy (non-hydrogen) atoms. The van der Waals surface area contributed by atoms with Crippen LogP contribution in [0.4, 0.5) is 0 Å². The van der Waals surface area contributed by atoms with Gasteiger partial charge in [-0.05, 0) is 54.7 Å². The maximum atomic E-state index is 11.9. The fourth-order valence-electron chi connectivity index (χ4n) is 3.30. The first kappa shape index (κ1) is 24.9. The van der Waals surface area contributed by atoms with Gasteiger partial charge >= 0.3 is 0 Å². The quantitative estimate of drug-likeness (QED) is 0.249. The van der Waals surface area contributed by atoms with Gasteiger partial charge in [-0.2, -0.15) is 5.10 Å². The molecule has 3 amide bonds. The predicted octanol–water partition coefficient (Wildman–Crippen LogP) is 1.56. The minimum absolute atomic E-state index is 0.0797. The highest BCUT2D eigenvalue weighted by Gasteiger charge is 2.16. The van der Waals surface area contributed by atoms with Gasteiger partial charge in [0.15, 0.2) is 6.61 Å². The monoisotopic (exact) mass is 466 g/mol. The van der Waals surface area contributed by atoms with E-state index in [4.69, 9.17) is 9.47 Å². The first-order valence-electron chi connectivity index (χ1n) is 11.3. The van der Waals surface area contributed by atoms with E-state index >= 15 is 0 Å². The number of hydrazone groups is 1. The van der Waals surface area contributed by atoms with Crippen molar-refractivity contribution in [2.24, 2.45) is 5.10 Å². The van der Waals surface area contributed by atoms with Gasteiger partial charge in [0.1, 0.15) is 12.2 Å². The lowest BCUT2D eigenvalue weighted by Crippen LogP contribution is -2.35. The van der Waals surface area contributed by atoms with Gasteiger partial charge < -0.3 is 20.1 Å². The molecule has 0 bridgehead atoms. The summed E-state index contributed by atoms with van der Waals surface area (Å²) in [7, 11) is 0. The Morgan fingerprint density at radius 3 is 2.53 bits per heavy atom. The molecule has 1 aliphatic heterocycles. The fourth-order valence-corrected chi connectivity index (χ4v) is 3.30. The van der Waals surface area contributed by atoms with Crippen LogP contribution in [0, 0.1) is 0 Å². The van der Waals surface area contributed by atoms with Gasteiger partial charge in [-0.3, -0.25) is 14.4 Å². The van der Waals surface area contributed by atoms with Crippen LogP contribution in [0.5, 0.6) is 5.75 Å². The first-order valence-corrected chi connectivity index (χ1v) is 11.3. The van der Waals surface area contributed by atoms with Crippen molar-refractivity contribution in [2.75, 3.05) is 26.3 Å². The number of hydrogen-bond donors (Lipinski definition) is 3. The van der Waals surface area contributed by atoms with Gasteiger partial charge in [-0.25, -0.2) is 5.43 Å². The fraction of sp³-hybridized carbons (Fsp3) is 0.360. The third-order valence-electron chi connectivity index (χ3n) is 5.10. The molecule has 2 aromatic carbocycles. The largest absolute Gasteiger partial charge is 0.484 e. The Bertz CT molecular complexity index is 957. The van der Waals surface area contributed by atoms with Crippen LogP contribution in [0.15, 0.2) is 59.7 Å². The molecule has 1 aliphatic rings. The summed E-state index contributed by atoms with van der Waals surface area (Å²) < 4.78 is 10.9. The number of benzene rings is 2. The average molecular weight is 467 g/mol. The normalized spacial score (nSPS) is 15.1. The summed E-state index contributed by atoms with van der Waals surface area (Å²) in [4.78, 5) is 35.6. The zero-order valence-electron chi connectivity index (χ0n) is 19.0. The lowest BCUT2D eigenvalue weighted by atomic mass is 10.1. The molecular weight excluding hydrogens is 436 g/mol. The van der Waals surface area contributed by atoms with Crippen LogP contribution in [0.1, 0.15) is 30.4 Å². The standard InChI is InChI=1S/C25H30N4O5/c30-23(26-13-12-19-5-2-1-3-6-19)15-24(31)29-28-16-20-8-10-21(11-9-20)34-18-25(32)27-17-22-7-4-14-33-22/h1-3,5-6,8-11,16,22H,4,7,12-15,17-18H2,(H,26,30)(H,27,32)(H,29,31)/b28-16+/t22-/m1/s1. The number of ether oxygens (including phenoxy) is 2. The number of nitrogens with one attached hydrogen (secondary N) is 3. The summed E-state index contributed by atoms with van der Waals surface area (Å²) in [6, 6.07) is 16.7. The van der Waals surface area contributed by atoms with E-state index < -0.39 is 5.91 Å². The van der Waals surface area contributed by atoms with E-state index in [1.165, 1.54) is 6.21 Å². The van der Waals surface area contributed by atoms with E-state index in [1.54, 1.807) is 24.3 Å². The average Bonchev–Trinajstić information content (AvgIpc) is 3.37. The van der Waals surface area contributed by atoms with Crippen molar-refractivity contribution in [1.29, 1.82) is 0 Å². The number of nitrogens with zero attached hydrogens (tertiary/aromatic N) is 1. The van der Waals surface area contributed by atoms with Gasteiger partial charge in [-0.15, -0.1) is 0 Å². The van der Waals surface area contributed by atoms with Gasteiger partial charge in [0.25, 0.3) is 5.91 Å². The zero-order valence-corrected chi connectivity index (χ0v) is 19.0. The third-order valence-corrected chi connectivity index (χ3v) is 5.10. The molecule has 0 aromatic heterocycles. The molecule has 3 N–H and O–H groups in total. The predicted molar refractivity (Wildman–Crippen MR) is 127 cm³/mol. The van der Waals surface area contributed by atoms with Crippen LogP contribution < -0.4 is 20.8 Å². The Morgan fingerprint density at radius 2 is 1.79 bits per heavy atom. The molecule has 9 nitrogen and oxygen atoms in total. The zero-order chi connectivity index (χ0) is 24.0. The minimum atomic E-state index is -0.498. The van der Waals surface area contributed by atoms with Crippen molar-refractivity contribution in [3.05, 3.63) is 65.7 Å². The maximum absolute atomic E-state index is 11.9. The molecule has 0 radical (unpaired) electrons. The molecule has 0 unspecified atom stereocenters. The highest BCUT2D eigenvalue weighted by molar-refractivity contribution is 5.97. The lowest BCUT2D eigenvalue weighted by Gasteiger charge is -2.11. The Balaban J connectivity index is 1.29. The highest BCUT2D eigenvalue weighted by Crippen LogP contribution is 2.12. The summed E-state index contributed by atoms with van der Waals surface area (Å²) in [6.45, 7) is 1.63. The first-order chi connectivity index (χ1) is 16.6. The van der Waals surface area contributed by atoms with E-state index in [1.807, 2.05) is 30.3 Å². The molecule has 180 valence electrons. The molecule has 2 aromatic rings. The van der Waals surface area contributed by atoms with Gasteiger partial charge in [-0.1, -0.05) is 30.3 Å². The number of rotatable bonds is 12. The van der Waals surface area contributed by atoms with Crippen molar-refractivity contribution >= 4 is 23.9 Å². The van der Waals surface area contributed by atoms with Crippen LogP contribution >= 0.6 is 0 Å². The number of carbonyl (C=O) groups is 3. The Kier molecular flexibility index (Phi) is 10.1. The summed E-state index contributed by atoms with van der Waals surface area (Å²) in [5.74, 6) is -0.513. The summed E-state index contributed by atoms with van der Waals surface area (Å²) >= 11 is 0. The van der Waals surface area contributed by atoms with Crippen LogP contribution in [-0.4, -0.2) is 56.3 Å². The Hall–Kier alpha value is -3.72. The molecule has 1 fully saturated rings. The lowest BCUT2D eigenvalue weighted by molar-refractivity contribution is -0.129. The molecule has 0 saturated carbocycles. The Labute approximate surface area is 198 Å². The van der Waals surface area contributed by atoms with Gasteiger partial charge in [0, 0.05) is 19.7 Å². The van der Waals surface area contributed by atoms with Crippen molar-refractivity contribution < 1.29 is 23.9 Å². The molecule has 1 atom stereocenters. The highest BCUT2D eigenvalue weighted by atomic mass is 16.5. The Morgan fingerprint density at radius 1 is 1.00 bits per heavy atom. The van der Waals surface area contributed by atoms with E-state index in [-0.39, 0.29) is 30.9 Å². The summed E-state index contributed by atoms with van der Waals surface area (Å²) in [5, 5.41) is 9.38. The van der Waals surface area contributed by atoms with Crippen LogP contribution in [0.3, 0.4) is 0 Å². The second-order valence-electron chi connectivity index (χ2n) is 7.85. The number of hydrogen-bond acceptors (Lipinski definition) is 6. The third kappa shape index (κ3) is 9.41. The number of amides is 3. The van der Waals surface area contributed by atoms with Crippen molar-refractivity contribution in [2.45, 2.75) is 31.8 Å².